The van der Waals surface area contributed by atoms with Crippen molar-refractivity contribution in [3.63, 3.8) is 0 Å². The zero-order valence-corrected chi connectivity index (χ0v) is 6.39. The monoisotopic (exact) mass is 133 g/mol. The summed E-state index contributed by atoms with van der Waals surface area (Å²) in [6, 6.07) is 5.94. The van der Waals surface area contributed by atoms with Gasteiger partial charge in [0.05, 0.1) is 5.69 Å². The van der Waals surface area contributed by atoms with Crippen LogP contribution < -0.4 is 0 Å². The maximum Gasteiger partial charge on any atom is 0.0656 e. The van der Waals surface area contributed by atoms with Gasteiger partial charge in [-0.25, -0.2) is 0 Å². The van der Waals surface area contributed by atoms with E-state index in [1.165, 1.54) is 0 Å². The van der Waals surface area contributed by atoms with Crippen molar-refractivity contribution >= 4 is 5.57 Å². The Bertz CT molecular complexity index is 251. The quantitative estimate of drug-likeness (QED) is 0.573. The Hall–Kier alpha value is -1.11. The molecule has 0 N–H and O–H groups in total. The standard InChI is InChI=1S/C9H11N/c1-7(2)9-6-4-5-8(3)10-9/h4-6H,1H2,2-3H3. The van der Waals surface area contributed by atoms with Crippen molar-refractivity contribution in [1.82, 2.24) is 4.98 Å². The second-order valence-electron chi connectivity index (χ2n) is 2.44. The van der Waals surface area contributed by atoms with Crippen LogP contribution in [0.2, 0.25) is 0 Å². The smallest absolute Gasteiger partial charge is 0.0656 e. The highest BCUT2D eigenvalue weighted by molar-refractivity contribution is 5.57. The van der Waals surface area contributed by atoms with Crippen LogP contribution in [-0.2, 0) is 0 Å². The Balaban J connectivity index is 3.07. The Morgan fingerprint density at radius 2 is 2.20 bits per heavy atom. The third-order valence-corrected chi connectivity index (χ3v) is 1.33. The summed E-state index contributed by atoms with van der Waals surface area (Å²) in [5, 5.41) is 0. The zero-order valence-electron chi connectivity index (χ0n) is 6.39. The van der Waals surface area contributed by atoms with Crippen LogP contribution in [0, 0.1) is 6.92 Å². The summed E-state index contributed by atoms with van der Waals surface area (Å²) in [5.41, 5.74) is 3.05. The summed E-state index contributed by atoms with van der Waals surface area (Å²) >= 11 is 0. The van der Waals surface area contributed by atoms with Crippen molar-refractivity contribution < 1.29 is 0 Å². The highest BCUT2D eigenvalue weighted by atomic mass is 14.7. The molecule has 0 radical (unpaired) electrons. The second-order valence-corrected chi connectivity index (χ2v) is 2.44. The molecule has 1 heteroatoms. The van der Waals surface area contributed by atoms with Gasteiger partial charge in [-0.05, 0) is 31.6 Å². The molecule has 0 atom stereocenters. The van der Waals surface area contributed by atoms with Crippen LogP contribution in [0.15, 0.2) is 24.8 Å². The third-order valence-electron chi connectivity index (χ3n) is 1.33. The van der Waals surface area contributed by atoms with Crippen LogP contribution in [0.1, 0.15) is 18.3 Å². The van der Waals surface area contributed by atoms with Gasteiger partial charge in [0.15, 0.2) is 0 Å². The molecule has 0 aliphatic rings. The second kappa shape index (κ2) is 2.65. The van der Waals surface area contributed by atoms with Crippen molar-refractivity contribution in [1.29, 1.82) is 0 Å². The minimum Gasteiger partial charge on any atom is -0.254 e. The molecule has 1 aromatic rings. The topological polar surface area (TPSA) is 12.9 Å². The molecule has 0 aromatic carbocycles. The van der Waals surface area contributed by atoms with E-state index < -0.39 is 0 Å². The van der Waals surface area contributed by atoms with E-state index in [0.717, 1.165) is 17.0 Å². The average molecular weight is 133 g/mol. The molecular formula is C9H11N. The molecule has 0 aliphatic carbocycles. The van der Waals surface area contributed by atoms with E-state index in [1.54, 1.807) is 0 Å². The van der Waals surface area contributed by atoms with E-state index in [9.17, 15) is 0 Å². The summed E-state index contributed by atoms with van der Waals surface area (Å²) < 4.78 is 0. The number of aryl methyl sites for hydroxylation is 1. The van der Waals surface area contributed by atoms with Crippen molar-refractivity contribution in [2.75, 3.05) is 0 Å². The van der Waals surface area contributed by atoms with Crippen molar-refractivity contribution in [3.05, 3.63) is 36.2 Å². The van der Waals surface area contributed by atoms with E-state index >= 15 is 0 Å². The molecule has 0 fully saturated rings. The van der Waals surface area contributed by atoms with Crippen LogP contribution in [0.5, 0.6) is 0 Å². The van der Waals surface area contributed by atoms with Gasteiger partial charge in [0.2, 0.25) is 0 Å². The van der Waals surface area contributed by atoms with E-state index in [0.29, 0.717) is 0 Å². The number of pyridine rings is 1. The Kier molecular flexibility index (Phi) is 1.86. The van der Waals surface area contributed by atoms with Gasteiger partial charge in [0.1, 0.15) is 0 Å². The molecule has 0 saturated heterocycles. The fourth-order valence-electron chi connectivity index (χ4n) is 0.781. The van der Waals surface area contributed by atoms with Gasteiger partial charge < -0.3 is 0 Å². The maximum atomic E-state index is 4.27. The lowest BCUT2D eigenvalue weighted by Gasteiger charge is -1.97. The highest BCUT2D eigenvalue weighted by Crippen LogP contribution is 2.07. The van der Waals surface area contributed by atoms with E-state index in [1.807, 2.05) is 32.0 Å². The van der Waals surface area contributed by atoms with Gasteiger partial charge in [-0.2, -0.15) is 0 Å². The Labute approximate surface area is 61.4 Å². The molecule has 0 amide bonds. The number of rotatable bonds is 1. The largest absolute Gasteiger partial charge is 0.254 e. The fourth-order valence-corrected chi connectivity index (χ4v) is 0.781. The summed E-state index contributed by atoms with van der Waals surface area (Å²) in [4.78, 5) is 4.27. The summed E-state index contributed by atoms with van der Waals surface area (Å²) in [5.74, 6) is 0. The molecule has 0 bridgehead atoms. The average Bonchev–Trinajstić information content (AvgIpc) is 1.88. The normalized spacial score (nSPS) is 9.40. The van der Waals surface area contributed by atoms with Crippen molar-refractivity contribution in [2.45, 2.75) is 13.8 Å². The van der Waals surface area contributed by atoms with Gasteiger partial charge in [-0.3, -0.25) is 4.98 Å². The predicted octanol–water partition coefficient (Wildman–Crippen LogP) is 2.42. The minimum atomic E-state index is 0.986. The highest BCUT2D eigenvalue weighted by Gasteiger charge is 1.92. The van der Waals surface area contributed by atoms with Gasteiger partial charge in [-0.1, -0.05) is 12.6 Å². The molecule has 52 valence electrons. The van der Waals surface area contributed by atoms with Gasteiger partial charge in [0, 0.05) is 5.69 Å². The first kappa shape index (κ1) is 7.00. The van der Waals surface area contributed by atoms with Crippen LogP contribution in [-0.4, -0.2) is 4.98 Å². The Morgan fingerprint density at radius 1 is 1.50 bits per heavy atom. The van der Waals surface area contributed by atoms with Crippen LogP contribution in [0.4, 0.5) is 0 Å². The lowest BCUT2D eigenvalue weighted by Crippen LogP contribution is -1.86. The van der Waals surface area contributed by atoms with Crippen molar-refractivity contribution in [3.8, 4) is 0 Å². The molecule has 1 aromatic heterocycles. The molecule has 0 unspecified atom stereocenters. The summed E-state index contributed by atoms with van der Waals surface area (Å²) in [7, 11) is 0. The van der Waals surface area contributed by atoms with Gasteiger partial charge in [0.25, 0.3) is 0 Å². The van der Waals surface area contributed by atoms with Crippen LogP contribution in [0.25, 0.3) is 5.57 Å². The SMILES string of the molecule is C=C(C)c1cccc(C)n1. The number of aromatic nitrogens is 1. The maximum absolute atomic E-state index is 4.27. The van der Waals surface area contributed by atoms with Crippen LogP contribution >= 0.6 is 0 Å². The first-order valence-corrected chi connectivity index (χ1v) is 3.29. The lowest BCUT2D eigenvalue weighted by molar-refractivity contribution is 1.17. The number of hydrogen-bond donors (Lipinski definition) is 0. The van der Waals surface area contributed by atoms with E-state index in [-0.39, 0.29) is 0 Å². The molecule has 1 nitrogen and oxygen atoms in total. The van der Waals surface area contributed by atoms with Crippen LogP contribution in [0.3, 0.4) is 0 Å². The summed E-state index contributed by atoms with van der Waals surface area (Å²) in [6.45, 7) is 7.74. The first-order chi connectivity index (χ1) is 4.70. The summed E-state index contributed by atoms with van der Waals surface area (Å²) in [6.07, 6.45) is 0. The molecule has 1 heterocycles. The van der Waals surface area contributed by atoms with Gasteiger partial charge >= 0.3 is 0 Å². The molecule has 10 heavy (non-hydrogen) atoms. The number of hydrogen-bond acceptors (Lipinski definition) is 1. The first-order valence-electron chi connectivity index (χ1n) is 3.29. The predicted molar refractivity (Wildman–Crippen MR) is 43.7 cm³/mol. The Morgan fingerprint density at radius 3 is 2.60 bits per heavy atom. The molecular weight excluding hydrogens is 122 g/mol. The van der Waals surface area contributed by atoms with Crippen molar-refractivity contribution in [2.24, 2.45) is 0 Å². The molecule has 1 rings (SSSR count). The third kappa shape index (κ3) is 1.44. The van der Waals surface area contributed by atoms with Gasteiger partial charge in [-0.15, -0.1) is 0 Å². The molecule has 0 aliphatic heterocycles. The zero-order chi connectivity index (χ0) is 7.56. The molecule has 0 spiro atoms. The minimum absolute atomic E-state index is 0.986. The lowest BCUT2D eigenvalue weighted by atomic mass is 10.2. The number of nitrogens with zero attached hydrogens (tertiary/aromatic N) is 1. The fraction of sp³-hybridized carbons (Fsp3) is 0.222. The van der Waals surface area contributed by atoms with E-state index in [2.05, 4.69) is 11.6 Å². The molecule has 0 saturated carbocycles. The van der Waals surface area contributed by atoms with E-state index in [4.69, 9.17) is 0 Å². The number of allylic oxidation sites excluding steroid dienone is 1.